The molecule has 2 heterocycles. The van der Waals surface area contributed by atoms with E-state index in [9.17, 15) is 4.79 Å². The van der Waals surface area contributed by atoms with Gasteiger partial charge in [0.2, 0.25) is 0 Å². The fourth-order valence-electron chi connectivity index (χ4n) is 1.02. The van der Waals surface area contributed by atoms with Crippen molar-refractivity contribution in [1.29, 1.82) is 0 Å². The van der Waals surface area contributed by atoms with E-state index in [0.29, 0.717) is 11.4 Å². The Balaban J connectivity index is 2.21. The predicted molar refractivity (Wildman–Crippen MR) is 67.0 cm³/mol. The molecule has 0 fully saturated rings. The van der Waals surface area contributed by atoms with Crippen molar-refractivity contribution in [2.45, 2.75) is 0 Å². The van der Waals surface area contributed by atoms with Crippen molar-refractivity contribution < 1.29 is 4.79 Å². The van der Waals surface area contributed by atoms with Gasteiger partial charge in [-0.15, -0.1) is 11.3 Å². The third kappa shape index (κ3) is 2.58. The molecule has 4 nitrogen and oxygen atoms in total. The zero-order valence-electron chi connectivity index (χ0n) is 7.78. The molecular weight excluding hydrogens is 314 g/mol. The minimum atomic E-state index is -0.303. The molecule has 1 amide bonds. The van der Waals surface area contributed by atoms with Crippen LogP contribution in [0.5, 0.6) is 0 Å². The minimum absolute atomic E-state index is 0.242. The summed E-state index contributed by atoms with van der Waals surface area (Å²) in [5.41, 5.74) is 2.41. The van der Waals surface area contributed by atoms with Crippen molar-refractivity contribution in [2.75, 3.05) is 5.32 Å². The summed E-state index contributed by atoms with van der Waals surface area (Å²) in [4.78, 5) is 19.5. The molecule has 0 aromatic carbocycles. The summed E-state index contributed by atoms with van der Waals surface area (Å²) in [5.74, 6) is -0.303. The topological polar surface area (TPSA) is 54.9 Å². The number of hydrogen-bond donors (Lipinski definition) is 1. The van der Waals surface area contributed by atoms with Gasteiger partial charge in [0, 0.05) is 16.0 Å². The SMILES string of the molecule is O=C(Nc1cc(Br)cnc1Cl)c1cscn1. The second-order valence-electron chi connectivity index (χ2n) is 2.82. The molecule has 82 valence electrons. The van der Waals surface area contributed by atoms with E-state index < -0.39 is 0 Å². The van der Waals surface area contributed by atoms with Crippen molar-refractivity contribution in [2.24, 2.45) is 0 Å². The highest BCUT2D eigenvalue weighted by atomic mass is 79.9. The van der Waals surface area contributed by atoms with Crippen molar-refractivity contribution in [1.82, 2.24) is 9.97 Å². The Morgan fingerprint density at radius 3 is 3.00 bits per heavy atom. The zero-order valence-corrected chi connectivity index (χ0v) is 10.9. The van der Waals surface area contributed by atoms with E-state index >= 15 is 0 Å². The van der Waals surface area contributed by atoms with Crippen LogP contribution in [-0.4, -0.2) is 15.9 Å². The van der Waals surface area contributed by atoms with Crippen molar-refractivity contribution >= 4 is 50.5 Å². The molecule has 7 heteroatoms. The lowest BCUT2D eigenvalue weighted by Gasteiger charge is -2.04. The Kier molecular flexibility index (Phi) is 3.52. The quantitative estimate of drug-likeness (QED) is 0.865. The van der Waals surface area contributed by atoms with Gasteiger partial charge in [-0.3, -0.25) is 4.79 Å². The second-order valence-corrected chi connectivity index (χ2v) is 4.81. The standard InChI is InChI=1S/C9H5BrClN3OS/c10-5-1-6(8(11)12-2-5)14-9(15)7-3-16-4-13-7/h1-4H,(H,14,15). The Bertz CT molecular complexity index is 517. The van der Waals surface area contributed by atoms with Gasteiger partial charge in [0.15, 0.2) is 5.15 Å². The van der Waals surface area contributed by atoms with Crippen molar-refractivity contribution in [3.8, 4) is 0 Å². The van der Waals surface area contributed by atoms with E-state index in [4.69, 9.17) is 11.6 Å². The van der Waals surface area contributed by atoms with E-state index in [1.807, 2.05) is 0 Å². The van der Waals surface area contributed by atoms with Crippen LogP contribution in [0.3, 0.4) is 0 Å². The number of nitrogens with zero attached hydrogens (tertiary/aromatic N) is 2. The fraction of sp³-hybridized carbons (Fsp3) is 0. The first kappa shape index (κ1) is 11.5. The maximum Gasteiger partial charge on any atom is 0.275 e. The van der Waals surface area contributed by atoms with Crippen molar-refractivity contribution in [3.63, 3.8) is 0 Å². The molecule has 0 bridgehead atoms. The number of thiazole rings is 1. The number of nitrogens with one attached hydrogen (secondary N) is 1. The summed E-state index contributed by atoms with van der Waals surface area (Å²) in [6, 6.07) is 1.68. The Morgan fingerprint density at radius 1 is 1.50 bits per heavy atom. The molecule has 1 N–H and O–H groups in total. The lowest BCUT2D eigenvalue weighted by molar-refractivity contribution is 0.102. The number of carbonyl (C=O) groups is 1. The monoisotopic (exact) mass is 317 g/mol. The van der Waals surface area contributed by atoms with Gasteiger partial charge in [0.1, 0.15) is 5.69 Å². The van der Waals surface area contributed by atoms with Crippen LogP contribution in [-0.2, 0) is 0 Å². The summed E-state index contributed by atoms with van der Waals surface area (Å²) in [7, 11) is 0. The molecule has 0 aliphatic carbocycles. The third-order valence-corrected chi connectivity index (χ3v) is 3.04. The van der Waals surface area contributed by atoms with Crippen LogP contribution < -0.4 is 5.32 Å². The Labute approximate surface area is 109 Å². The van der Waals surface area contributed by atoms with E-state index in [-0.39, 0.29) is 11.1 Å². The normalized spacial score (nSPS) is 10.1. The first-order valence-electron chi connectivity index (χ1n) is 4.17. The van der Waals surface area contributed by atoms with Gasteiger partial charge in [-0.1, -0.05) is 11.6 Å². The number of pyridine rings is 1. The predicted octanol–water partition coefficient (Wildman–Crippen LogP) is 3.21. The lowest BCUT2D eigenvalue weighted by atomic mass is 10.4. The number of anilines is 1. The van der Waals surface area contributed by atoms with Crippen LogP contribution in [0, 0.1) is 0 Å². The highest BCUT2D eigenvalue weighted by molar-refractivity contribution is 9.10. The second kappa shape index (κ2) is 4.90. The van der Waals surface area contributed by atoms with E-state index in [1.165, 1.54) is 11.3 Å². The van der Waals surface area contributed by atoms with Gasteiger partial charge in [0.25, 0.3) is 5.91 Å². The Hall–Kier alpha value is -0.980. The summed E-state index contributed by atoms with van der Waals surface area (Å²) < 4.78 is 0.741. The molecule has 0 spiro atoms. The average Bonchev–Trinajstić information content (AvgIpc) is 2.76. The average molecular weight is 319 g/mol. The maximum atomic E-state index is 11.7. The van der Waals surface area contributed by atoms with E-state index in [1.54, 1.807) is 23.2 Å². The smallest absolute Gasteiger partial charge is 0.275 e. The first-order chi connectivity index (χ1) is 7.66. The highest BCUT2D eigenvalue weighted by Gasteiger charge is 2.10. The van der Waals surface area contributed by atoms with Crippen LogP contribution in [0.15, 0.2) is 27.6 Å². The van der Waals surface area contributed by atoms with Crippen LogP contribution in [0.25, 0.3) is 0 Å². The van der Waals surface area contributed by atoms with Crippen LogP contribution >= 0.6 is 38.9 Å². The summed E-state index contributed by atoms with van der Waals surface area (Å²) in [6.45, 7) is 0. The zero-order chi connectivity index (χ0) is 11.5. The number of aromatic nitrogens is 2. The molecule has 0 unspecified atom stereocenters. The van der Waals surface area contributed by atoms with Gasteiger partial charge in [-0.2, -0.15) is 0 Å². The van der Waals surface area contributed by atoms with Gasteiger partial charge in [-0.25, -0.2) is 9.97 Å². The summed E-state index contributed by atoms with van der Waals surface area (Å²) in [5, 5.41) is 4.54. The van der Waals surface area contributed by atoms with Crippen molar-refractivity contribution in [3.05, 3.63) is 38.5 Å². The molecule has 0 saturated carbocycles. The summed E-state index contributed by atoms with van der Waals surface area (Å²) in [6.07, 6.45) is 1.56. The molecule has 2 aromatic heterocycles. The highest BCUT2D eigenvalue weighted by Crippen LogP contribution is 2.23. The fourth-order valence-corrected chi connectivity index (χ4v) is 2.04. The van der Waals surface area contributed by atoms with E-state index in [2.05, 4.69) is 31.2 Å². The molecule has 0 aliphatic heterocycles. The molecule has 0 saturated heterocycles. The number of hydrogen-bond acceptors (Lipinski definition) is 4. The van der Waals surface area contributed by atoms with Gasteiger partial charge in [-0.05, 0) is 22.0 Å². The molecule has 2 rings (SSSR count). The lowest BCUT2D eigenvalue weighted by Crippen LogP contribution is -2.12. The largest absolute Gasteiger partial charge is 0.318 e. The molecule has 16 heavy (non-hydrogen) atoms. The third-order valence-electron chi connectivity index (χ3n) is 1.72. The summed E-state index contributed by atoms with van der Waals surface area (Å²) >= 11 is 10.4. The number of amides is 1. The van der Waals surface area contributed by atoms with E-state index in [0.717, 1.165) is 4.47 Å². The van der Waals surface area contributed by atoms with Gasteiger partial charge in [0.05, 0.1) is 11.2 Å². The maximum absolute atomic E-state index is 11.7. The molecule has 0 atom stereocenters. The molecular formula is C9H5BrClN3OS. The van der Waals surface area contributed by atoms with Gasteiger partial charge >= 0.3 is 0 Å². The number of halogens is 2. The Morgan fingerprint density at radius 2 is 2.31 bits per heavy atom. The van der Waals surface area contributed by atoms with Crippen LogP contribution in [0.4, 0.5) is 5.69 Å². The number of carbonyl (C=O) groups excluding carboxylic acids is 1. The molecule has 2 aromatic rings. The molecule has 0 radical (unpaired) electrons. The van der Waals surface area contributed by atoms with Crippen LogP contribution in [0.2, 0.25) is 5.15 Å². The van der Waals surface area contributed by atoms with Crippen LogP contribution in [0.1, 0.15) is 10.5 Å². The van der Waals surface area contributed by atoms with Gasteiger partial charge < -0.3 is 5.32 Å². The first-order valence-corrected chi connectivity index (χ1v) is 6.29. The molecule has 0 aliphatic rings. The number of rotatable bonds is 2. The minimum Gasteiger partial charge on any atom is -0.318 e.